The number of imidazole rings is 1. The molecule has 1 aliphatic rings. The Hall–Kier alpha value is -1.81. The third-order valence-corrected chi connectivity index (χ3v) is 7.71. The summed E-state index contributed by atoms with van der Waals surface area (Å²) in [6.07, 6.45) is 2.41. The Morgan fingerprint density at radius 3 is 2.79 bits per heavy atom. The lowest BCUT2D eigenvalue weighted by atomic mass is 10.3. The van der Waals surface area contributed by atoms with Gasteiger partial charge in [0.05, 0.1) is 24.2 Å². The average molecular weight is 420 g/mol. The second kappa shape index (κ2) is 7.55. The van der Waals surface area contributed by atoms with Crippen LogP contribution < -0.4 is 10.4 Å². The molecule has 0 amide bonds. The number of nitrogens with one attached hydrogen (secondary N) is 1. The standard InChI is InChI=1S/C19H25N5O2S2/c1-5-28(22-19(3)8-9-19)14-6-7-15-16(12-14)24(17-20-13(2)21-27-17)18(25)23(15)10-11-26-4/h5-7,12,22H,8-11H2,1-4H3. The van der Waals surface area contributed by atoms with E-state index in [1.807, 2.05) is 13.0 Å². The molecule has 0 bridgehead atoms. The minimum Gasteiger partial charge on any atom is -0.383 e. The van der Waals surface area contributed by atoms with Crippen LogP contribution >= 0.6 is 22.2 Å². The number of methoxy groups -OCH3 is 1. The van der Waals surface area contributed by atoms with Crippen molar-refractivity contribution in [1.29, 1.82) is 0 Å². The minimum atomic E-state index is -0.177. The van der Waals surface area contributed by atoms with Crippen molar-refractivity contribution < 1.29 is 4.74 Å². The van der Waals surface area contributed by atoms with Gasteiger partial charge in [0.25, 0.3) is 0 Å². The molecule has 0 spiro atoms. The van der Waals surface area contributed by atoms with Gasteiger partial charge >= 0.3 is 5.69 Å². The lowest BCUT2D eigenvalue weighted by Crippen LogP contribution is -2.24. The molecule has 1 atom stereocenters. The summed E-state index contributed by atoms with van der Waals surface area (Å²) in [4.78, 5) is 18.8. The largest absolute Gasteiger partial charge is 0.383 e. The Morgan fingerprint density at radius 2 is 2.18 bits per heavy atom. The quantitative estimate of drug-likeness (QED) is 0.596. The van der Waals surface area contributed by atoms with Crippen LogP contribution in [0.25, 0.3) is 16.2 Å². The van der Waals surface area contributed by atoms with E-state index in [1.54, 1.807) is 16.2 Å². The first-order chi connectivity index (χ1) is 13.5. The van der Waals surface area contributed by atoms with E-state index in [1.165, 1.54) is 29.3 Å². The summed E-state index contributed by atoms with van der Waals surface area (Å²) in [5, 5.41) is 2.80. The zero-order chi connectivity index (χ0) is 19.9. The molecule has 2 aromatic heterocycles. The highest BCUT2D eigenvalue weighted by Gasteiger charge is 2.37. The van der Waals surface area contributed by atoms with Crippen molar-refractivity contribution in [2.24, 2.45) is 0 Å². The number of aryl methyl sites for hydroxylation is 1. The lowest BCUT2D eigenvalue weighted by molar-refractivity contribution is 0.187. The van der Waals surface area contributed by atoms with Crippen LogP contribution in [0.4, 0.5) is 0 Å². The summed E-state index contributed by atoms with van der Waals surface area (Å²) in [7, 11) is 1.47. The van der Waals surface area contributed by atoms with Crippen LogP contribution in [0.15, 0.2) is 27.9 Å². The highest BCUT2D eigenvalue weighted by Crippen LogP contribution is 2.40. The van der Waals surface area contributed by atoms with Crippen molar-refractivity contribution in [2.45, 2.75) is 50.6 Å². The van der Waals surface area contributed by atoms with E-state index in [-0.39, 0.29) is 21.9 Å². The van der Waals surface area contributed by atoms with E-state index in [0.717, 1.165) is 11.0 Å². The fourth-order valence-electron chi connectivity index (χ4n) is 3.14. The fraction of sp³-hybridized carbons (Fsp3) is 0.474. The molecule has 3 aromatic rings. The van der Waals surface area contributed by atoms with Crippen LogP contribution in [0.5, 0.6) is 0 Å². The summed E-state index contributed by atoms with van der Waals surface area (Å²) in [5.74, 6) is 0.672. The van der Waals surface area contributed by atoms with Gasteiger partial charge in [-0.25, -0.2) is 14.3 Å². The monoisotopic (exact) mass is 419 g/mol. The first kappa shape index (κ1) is 19.5. The number of rotatable bonds is 7. The number of nitrogens with zero attached hydrogens (tertiary/aromatic N) is 4. The highest BCUT2D eigenvalue weighted by molar-refractivity contribution is 8.13. The lowest BCUT2D eigenvalue weighted by Gasteiger charge is -2.17. The maximum atomic E-state index is 13.2. The first-order valence-electron chi connectivity index (χ1n) is 9.31. The summed E-state index contributed by atoms with van der Waals surface area (Å²) in [6, 6.07) is 6.26. The van der Waals surface area contributed by atoms with Gasteiger partial charge in [0.1, 0.15) is 5.82 Å². The van der Waals surface area contributed by atoms with Gasteiger partial charge in [-0.05, 0) is 57.2 Å². The number of hydrogen-bond donors (Lipinski definition) is 1. The number of benzene rings is 1. The van der Waals surface area contributed by atoms with E-state index in [2.05, 4.69) is 45.4 Å². The van der Waals surface area contributed by atoms with Gasteiger partial charge in [-0.3, -0.25) is 9.29 Å². The van der Waals surface area contributed by atoms with Crippen LogP contribution in [-0.4, -0.2) is 43.1 Å². The number of ether oxygens (including phenoxy) is 1. The molecule has 1 aromatic carbocycles. The summed E-state index contributed by atoms with van der Waals surface area (Å²) >= 11 is 1.24. The van der Waals surface area contributed by atoms with Crippen LogP contribution in [0.1, 0.15) is 32.5 Å². The van der Waals surface area contributed by atoms with E-state index >= 15 is 0 Å². The number of hydrogen-bond acceptors (Lipinski definition) is 6. The molecule has 4 rings (SSSR count). The molecule has 28 heavy (non-hydrogen) atoms. The molecule has 1 fully saturated rings. The van der Waals surface area contributed by atoms with Gasteiger partial charge in [0.2, 0.25) is 5.13 Å². The molecule has 1 aliphatic carbocycles. The van der Waals surface area contributed by atoms with Gasteiger partial charge in [0, 0.05) is 29.1 Å². The summed E-state index contributed by atoms with van der Waals surface area (Å²) in [6.45, 7) is 7.15. The van der Waals surface area contributed by atoms with E-state index < -0.39 is 0 Å². The Kier molecular flexibility index (Phi) is 5.26. The second-order valence-corrected chi connectivity index (χ2v) is 9.83. The maximum Gasteiger partial charge on any atom is 0.335 e. The minimum absolute atomic E-state index is 0.108. The van der Waals surface area contributed by atoms with E-state index in [4.69, 9.17) is 4.74 Å². The fourth-order valence-corrected chi connectivity index (χ4v) is 5.53. The molecule has 0 aliphatic heterocycles. The molecule has 9 heteroatoms. The topological polar surface area (TPSA) is 74.0 Å². The van der Waals surface area contributed by atoms with Gasteiger partial charge in [-0.15, -0.1) is 0 Å². The molecule has 2 heterocycles. The third-order valence-electron chi connectivity index (χ3n) is 4.97. The summed E-state index contributed by atoms with van der Waals surface area (Å²) < 4.78 is 16.6. The number of fused-ring (bicyclic) bond motifs is 1. The smallest absolute Gasteiger partial charge is 0.335 e. The molecular weight excluding hydrogens is 394 g/mol. The second-order valence-electron chi connectivity index (χ2n) is 7.27. The van der Waals surface area contributed by atoms with Gasteiger partial charge < -0.3 is 4.74 Å². The average Bonchev–Trinajstić information content (AvgIpc) is 3.14. The highest BCUT2D eigenvalue weighted by atomic mass is 32.2. The van der Waals surface area contributed by atoms with Crippen LogP contribution in [0, 0.1) is 6.92 Å². The molecule has 1 N–H and O–H groups in total. The first-order valence-corrected chi connectivity index (χ1v) is 11.4. The SMILES string of the molecule is C/C=S(/NC1(C)CC1)c1ccc2c(c1)n(-c1nc(C)ns1)c(=O)n2CCOC. The van der Waals surface area contributed by atoms with E-state index in [9.17, 15) is 4.79 Å². The molecule has 0 saturated heterocycles. The maximum absolute atomic E-state index is 13.2. The van der Waals surface area contributed by atoms with Gasteiger partial charge in [-0.1, -0.05) is 10.7 Å². The Balaban J connectivity index is 1.87. The molecule has 0 radical (unpaired) electrons. The Morgan fingerprint density at radius 1 is 1.39 bits per heavy atom. The zero-order valence-electron chi connectivity index (χ0n) is 16.6. The van der Waals surface area contributed by atoms with E-state index in [0.29, 0.717) is 24.1 Å². The summed E-state index contributed by atoms with van der Waals surface area (Å²) in [5.41, 5.74) is 1.86. The molecule has 1 unspecified atom stereocenters. The van der Waals surface area contributed by atoms with Crippen LogP contribution in [0.3, 0.4) is 0 Å². The van der Waals surface area contributed by atoms with Gasteiger partial charge in [-0.2, -0.15) is 4.37 Å². The van der Waals surface area contributed by atoms with Crippen LogP contribution in [-0.2, 0) is 11.3 Å². The third kappa shape index (κ3) is 3.59. The Bertz CT molecular complexity index is 1110. The van der Waals surface area contributed by atoms with Crippen molar-refractivity contribution in [3.63, 3.8) is 0 Å². The molecule has 1 saturated carbocycles. The zero-order valence-corrected chi connectivity index (χ0v) is 18.2. The van der Waals surface area contributed by atoms with Crippen molar-refractivity contribution in [1.82, 2.24) is 23.2 Å². The van der Waals surface area contributed by atoms with Crippen molar-refractivity contribution >= 4 is 38.6 Å². The number of aromatic nitrogens is 4. The molecule has 7 nitrogen and oxygen atoms in total. The Labute approximate surface area is 170 Å². The predicted molar refractivity (Wildman–Crippen MR) is 116 cm³/mol. The van der Waals surface area contributed by atoms with Crippen molar-refractivity contribution in [2.75, 3.05) is 13.7 Å². The molecule has 150 valence electrons. The van der Waals surface area contributed by atoms with Crippen molar-refractivity contribution in [3.05, 3.63) is 34.5 Å². The predicted octanol–water partition coefficient (Wildman–Crippen LogP) is 3.11. The van der Waals surface area contributed by atoms with Gasteiger partial charge in [0.15, 0.2) is 0 Å². The van der Waals surface area contributed by atoms with Crippen LogP contribution in [0.2, 0.25) is 0 Å². The molecular formula is C19H25N5O2S2. The normalized spacial score (nSPS) is 16.7. The van der Waals surface area contributed by atoms with Crippen molar-refractivity contribution in [3.8, 4) is 5.13 Å².